The van der Waals surface area contributed by atoms with E-state index in [1.54, 1.807) is 4.90 Å². The Kier molecular flexibility index (Phi) is 8.86. The first-order valence-electron chi connectivity index (χ1n) is 11.7. The maximum absolute atomic E-state index is 13.6. The molecule has 34 heavy (non-hydrogen) atoms. The maximum Gasteiger partial charge on any atom is 0.261 e. The lowest BCUT2D eigenvalue weighted by Crippen LogP contribution is -2.52. The van der Waals surface area contributed by atoms with Gasteiger partial charge < -0.3 is 15.0 Å². The van der Waals surface area contributed by atoms with Gasteiger partial charge in [-0.3, -0.25) is 9.59 Å². The van der Waals surface area contributed by atoms with E-state index in [1.807, 2.05) is 107 Å². The molecule has 0 heterocycles. The summed E-state index contributed by atoms with van der Waals surface area (Å²) in [5.41, 5.74) is 4.03. The molecule has 0 radical (unpaired) electrons. The highest BCUT2D eigenvalue weighted by Gasteiger charge is 2.31. The Morgan fingerprint density at radius 3 is 2.12 bits per heavy atom. The van der Waals surface area contributed by atoms with Crippen molar-refractivity contribution in [2.75, 3.05) is 6.61 Å². The SMILES string of the molecule is Cc1ccccc1CN(C(=O)COc1ccccc1C)C(Cc1ccccc1)C(=O)NC(C)C. The second-order valence-electron chi connectivity index (χ2n) is 8.87. The summed E-state index contributed by atoms with van der Waals surface area (Å²) in [5, 5.41) is 3.01. The fourth-order valence-electron chi connectivity index (χ4n) is 3.85. The molecule has 5 nitrogen and oxygen atoms in total. The number of aryl methyl sites for hydroxylation is 2. The number of amides is 2. The molecule has 0 fully saturated rings. The molecule has 5 heteroatoms. The summed E-state index contributed by atoms with van der Waals surface area (Å²) in [7, 11) is 0. The van der Waals surface area contributed by atoms with E-state index < -0.39 is 6.04 Å². The third kappa shape index (κ3) is 6.95. The number of para-hydroxylation sites is 1. The molecule has 2 amide bonds. The second kappa shape index (κ2) is 12.0. The Hall–Kier alpha value is -3.60. The average Bonchev–Trinajstić information content (AvgIpc) is 2.82. The molecule has 3 aromatic rings. The van der Waals surface area contributed by atoms with Crippen LogP contribution in [0.15, 0.2) is 78.9 Å². The van der Waals surface area contributed by atoms with Gasteiger partial charge in [0.15, 0.2) is 6.61 Å². The molecule has 1 unspecified atom stereocenters. The summed E-state index contributed by atoms with van der Waals surface area (Å²) in [4.78, 5) is 28.6. The second-order valence-corrected chi connectivity index (χ2v) is 8.87. The monoisotopic (exact) mass is 458 g/mol. The average molecular weight is 459 g/mol. The van der Waals surface area contributed by atoms with Gasteiger partial charge in [0.1, 0.15) is 11.8 Å². The van der Waals surface area contributed by atoms with Gasteiger partial charge in [-0.05, 0) is 56.0 Å². The standard InChI is InChI=1S/C29H34N2O3/c1-21(2)30-29(33)26(18-24-14-6-5-7-15-24)31(19-25-16-10-8-12-22(25)3)28(32)20-34-27-17-11-9-13-23(27)4/h5-17,21,26H,18-20H2,1-4H3,(H,30,33). The Morgan fingerprint density at radius 1 is 0.853 bits per heavy atom. The number of rotatable bonds is 10. The number of hydrogen-bond donors (Lipinski definition) is 1. The first-order chi connectivity index (χ1) is 16.3. The van der Waals surface area contributed by atoms with Gasteiger partial charge >= 0.3 is 0 Å². The predicted molar refractivity (Wildman–Crippen MR) is 136 cm³/mol. The number of benzene rings is 3. The lowest BCUT2D eigenvalue weighted by Gasteiger charge is -2.32. The smallest absolute Gasteiger partial charge is 0.261 e. The maximum atomic E-state index is 13.6. The van der Waals surface area contributed by atoms with Gasteiger partial charge in [-0.1, -0.05) is 72.8 Å². The van der Waals surface area contributed by atoms with Gasteiger partial charge in [-0.15, -0.1) is 0 Å². The van der Waals surface area contributed by atoms with Crippen molar-refractivity contribution in [1.82, 2.24) is 10.2 Å². The van der Waals surface area contributed by atoms with Gasteiger partial charge in [-0.25, -0.2) is 0 Å². The van der Waals surface area contributed by atoms with Crippen molar-refractivity contribution in [3.8, 4) is 5.75 Å². The van der Waals surface area contributed by atoms with E-state index in [0.717, 1.165) is 22.3 Å². The molecule has 178 valence electrons. The van der Waals surface area contributed by atoms with E-state index in [2.05, 4.69) is 5.32 Å². The minimum absolute atomic E-state index is 0.0376. The van der Waals surface area contributed by atoms with Crippen molar-refractivity contribution in [3.63, 3.8) is 0 Å². The van der Waals surface area contributed by atoms with Crippen molar-refractivity contribution in [3.05, 3.63) is 101 Å². The number of nitrogens with one attached hydrogen (secondary N) is 1. The largest absolute Gasteiger partial charge is 0.484 e. The third-order valence-corrected chi connectivity index (χ3v) is 5.75. The highest BCUT2D eigenvalue weighted by molar-refractivity contribution is 5.88. The summed E-state index contributed by atoms with van der Waals surface area (Å²) in [6, 6.07) is 24.6. The van der Waals surface area contributed by atoms with Crippen LogP contribution in [0, 0.1) is 13.8 Å². The predicted octanol–water partition coefficient (Wildman–Crippen LogP) is 4.85. The van der Waals surface area contributed by atoms with Gasteiger partial charge in [-0.2, -0.15) is 0 Å². The van der Waals surface area contributed by atoms with Gasteiger partial charge in [0.05, 0.1) is 0 Å². The molecule has 0 aromatic heterocycles. The normalized spacial score (nSPS) is 11.7. The van der Waals surface area contributed by atoms with Crippen LogP contribution in [-0.4, -0.2) is 35.4 Å². The fraction of sp³-hybridized carbons (Fsp3) is 0.310. The summed E-state index contributed by atoms with van der Waals surface area (Å²) in [6.07, 6.45) is 0.418. The first-order valence-corrected chi connectivity index (χ1v) is 11.7. The molecule has 1 N–H and O–H groups in total. The van der Waals surface area contributed by atoms with Crippen LogP contribution < -0.4 is 10.1 Å². The van der Waals surface area contributed by atoms with Crippen LogP contribution in [0.3, 0.4) is 0 Å². The van der Waals surface area contributed by atoms with E-state index in [0.29, 0.717) is 18.7 Å². The molecule has 0 aliphatic rings. The fourth-order valence-corrected chi connectivity index (χ4v) is 3.85. The van der Waals surface area contributed by atoms with Crippen molar-refractivity contribution >= 4 is 11.8 Å². The summed E-state index contributed by atoms with van der Waals surface area (Å²) < 4.78 is 5.89. The molecule has 3 aromatic carbocycles. The molecule has 0 saturated heterocycles. The zero-order valence-electron chi connectivity index (χ0n) is 20.5. The van der Waals surface area contributed by atoms with Gasteiger partial charge in [0, 0.05) is 19.0 Å². The van der Waals surface area contributed by atoms with Crippen LogP contribution in [0.1, 0.15) is 36.1 Å². The van der Waals surface area contributed by atoms with E-state index in [-0.39, 0.29) is 24.5 Å². The molecule has 0 aliphatic carbocycles. The summed E-state index contributed by atoms with van der Waals surface area (Å²) in [5.74, 6) is 0.265. The lowest BCUT2D eigenvalue weighted by atomic mass is 10.0. The molecule has 0 bridgehead atoms. The molecule has 0 spiro atoms. The lowest BCUT2D eigenvalue weighted by molar-refractivity contribution is -0.143. The molecule has 3 rings (SSSR count). The van der Waals surface area contributed by atoms with Crippen molar-refractivity contribution in [2.24, 2.45) is 0 Å². The van der Waals surface area contributed by atoms with Crippen LogP contribution in [0.5, 0.6) is 5.75 Å². The molecule has 0 saturated carbocycles. The Labute approximate surface area is 202 Å². The minimum Gasteiger partial charge on any atom is -0.484 e. The summed E-state index contributed by atoms with van der Waals surface area (Å²) in [6.45, 7) is 7.99. The number of nitrogens with zero attached hydrogens (tertiary/aromatic N) is 1. The minimum atomic E-state index is -0.669. The highest BCUT2D eigenvalue weighted by Crippen LogP contribution is 2.19. The molecular weight excluding hydrogens is 424 g/mol. The third-order valence-electron chi connectivity index (χ3n) is 5.75. The van der Waals surface area contributed by atoms with Crippen LogP contribution in [0.2, 0.25) is 0 Å². The van der Waals surface area contributed by atoms with Crippen molar-refractivity contribution < 1.29 is 14.3 Å². The summed E-state index contributed by atoms with van der Waals surface area (Å²) >= 11 is 0. The zero-order chi connectivity index (χ0) is 24.5. The Bertz CT molecular complexity index is 1100. The van der Waals surface area contributed by atoms with E-state index in [4.69, 9.17) is 4.74 Å². The van der Waals surface area contributed by atoms with E-state index in [9.17, 15) is 9.59 Å². The number of hydrogen-bond acceptors (Lipinski definition) is 3. The number of ether oxygens (including phenoxy) is 1. The molecule has 0 aliphatic heterocycles. The van der Waals surface area contributed by atoms with Crippen molar-refractivity contribution in [1.29, 1.82) is 0 Å². The van der Waals surface area contributed by atoms with Gasteiger partial charge in [0.25, 0.3) is 5.91 Å². The number of carbonyl (C=O) groups excluding carboxylic acids is 2. The van der Waals surface area contributed by atoms with E-state index >= 15 is 0 Å². The number of carbonyl (C=O) groups is 2. The van der Waals surface area contributed by atoms with Gasteiger partial charge in [0.2, 0.25) is 5.91 Å². The Morgan fingerprint density at radius 2 is 1.47 bits per heavy atom. The topological polar surface area (TPSA) is 58.6 Å². The van der Waals surface area contributed by atoms with Crippen LogP contribution in [0.25, 0.3) is 0 Å². The van der Waals surface area contributed by atoms with Crippen LogP contribution in [0.4, 0.5) is 0 Å². The van der Waals surface area contributed by atoms with Crippen molar-refractivity contribution in [2.45, 2.75) is 52.7 Å². The highest BCUT2D eigenvalue weighted by atomic mass is 16.5. The Balaban J connectivity index is 1.93. The zero-order valence-corrected chi connectivity index (χ0v) is 20.5. The van der Waals surface area contributed by atoms with Crippen LogP contribution >= 0.6 is 0 Å². The first kappa shape index (κ1) is 25.0. The van der Waals surface area contributed by atoms with E-state index in [1.165, 1.54) is 0 Å². The quantitative estimate of drug-likeness (QED) is 0.473. The molecular formula is C29H34N2O3. The molecule has 1 atom stereocenters. The van der Waals surface area contributed by atoms with Crippen LogP contribution in [-0.2, 0) is 22.6 Å².